The average Bonchev–Trinajstić information content (AvgIpc) is 4.12. The molecule has 2 aromatic heterocycles. The van der Waals surface area contributed by atoms with Crippen LogP contribution in [-0.4, -0.2) is 57.8 Å². The number of amides is 2. The first-order valence-corrected chi connectivity index (χ1v) is 20.1. The molecule has 0 atom stereocenters. The van der Waals surface area contributed by atoms with E-state index in [4.69, 9.17) is 0 Å². The number of rotatable bonds is 12. The highest BCUT2D eigenvalue weighted by Gasteiger charge is 2.29. The number of benzene rings is 1. The summed E-state index contributed by atoms with van der Waals surface area (Å²) in [4.78, 5) is 41.9. The molecule has 0 unspecified atom stereocenters. The number of piperidine rings is 1. The van der Waals surface area contributed by atoms with Crippen LogP contribution in [0, 0.1) is 12.8 Å². The van der Waals surface area contributed by atoms with Gasteiger partial charge in [0.05, 0.1) is 0 Å². The maximum absolute atomic E-state index is 13.8. The van der Waals surface area contributed by atoms with Gasteiger partial charge in [0, 0.05) is 36.9 Å². The molecule has 4 heterocycles. The summed E-state index contributed by atoms with van der Waals surface area (Å²) in [7, 11) is 0. The van der Waals surface area contributed by atoms with Gasteiger partial charge in [-0.3, -0.25) is 29.4 Å². The van der Waals surface area contributed by atoms with Crippen LogP contribution in [-0.2, 0) is 19.5 Å². The molecule has 53 heavy (non-hydrogen) atoms. The van der Waals surface area contributed by atoms with E-state index in [0.29, 0.717) is 17.3 Å². The number of carbonyl (C=O) groups is 2. The van der Waals surface area contributed by atoms with Crippen LogP contribution in [0.1, 0.15) is 131 Å². The van der Waals surface area contributed by atoms with Crippen LogP contribution in [0.3, 0.4) is 0 Å². The lowest BCUT2D eigenvalue weighted by Gasteiger charge is -2.27. The number of anilines is 1. The van der Waals surface area contributed by atoms with Gasteiger partial charge in [0.2, 0.25) is 0 Å². The summed E-state index contributed by atoms with van der Waals surface area (Å²) in [5, 5.41) is 6.40. The van der Waals surface area contributed by atoms with E-state index in [9.17, 15) is 9.59 Å². The molecular weight excluding hydrogens is 657 g/mol. The van der Waals surface area contributed by atoms with Crippen molar-refractivity contribution < 1.29 is 9.59 Å². The molecule has 3 aromatic rings. The molecule has 8 rings (SSSR count). The van der Waals surface area contributed by atoms with Gasteiger partial charge in [0.1, 0.15) is 11.4 Å². The molecular formula is C45H54N6O2. The number of likely N-dealkylation sites (tertiary alicyclic amines) is 2. The Bertz CT molecular complexity index is 1960. The summed E-state index contributed by atoms with van der Waals surface area (Å²) in [5.41, 5.74) is 11.6. The van der Waals surface area contributed by atoms with Crippen molar-refractivity contribution in [3.05, 3.63) is 117 Å². The van der Waals surface area contributed by atoms with Crippen molar-refractivity contribution in [2.24, 2.45) is 5.92 Å². The molecule has 276 valence electrons. The van der Waals surface area contributed by atoms with Gasteiger partial charge in [0.25, 0.3) is 11.8 Å². The fraction of sp³-hybridized carbons (Fsp3) is 0.467. The van der Waals surface area contributed by atoms with Gasteiger partial charge in [-0.25, -0.2) is 0 Å². The maximum atomic E-state index is 13.8. The molecule has 3 aliphatic carbocycles. The van der Waals surface area contributed by atoms with E-state index in [1.165, 1.54) is 80.0 Å². The number of nitrogens with one attached hydrogen (secondary N) is 2. The third-order valence-corrected chi connectivity index (χ3v) is 11.9. The normalized spacial score (nSPS) is 19.6. The quantitative estimate of drug-likeness (QED) is 0.196. The largest absolute Gasteiger partial charge is 0.320 e. The maximum Gasteiger partial charge on any atom is 0.274 e. The first kappa shape index (κ1) is 35.6. The summed E-state index contributed by atoms with van der Waals surface area (Å²) in [5.74, 6) is 0.887. The fourth-order valence-electron chi connectivity index (χ4n) is 8.36. The van der Waals surface area contributed by atoms with Crippen LogP contribution in [0.4, 0.5) is 5.69 Å². The molecule has 8 nitrogen and oxygen atoms in total. The third-order valence-electron chi connectivity index (χ3n) is 11.9. The monoisotopic (exact) mass is 710 g/mol. The van der Waals surface area contributed by atoms with Crippen LogP contribution >= 0.6 is 0 Å². The van der Waals surface area contributed by atoms with Gasteiger partial charge < -0.3 is 10.6 Å². The third kappa shape index (κ3) is 8.55. The van der Waals surface area contributed by atoms with Crippen molar-refractivity contribution in [1.82, 2.24) is 25.1 Å². The molecule has 0 spiro atoms. The van der Waals surface area contributed by atoms with E-state index >= 15 is 0 Å². The first-order valence-electron chi connectivity index (χ1n) is 20.1. The topological polar surface area (TPSA) is 90.5 Å². The minimum absolute atomic E-state index is 0.186. The lowest BCUT2D eigenvalue weighted by molar-refractivity contribution is 0.0960. The van der Waals surface area contributed by atoms with Gasteiger partial charge in [0.15, 0.2) is 0 Å². The van der Waals surface area contributed by atoms with E-state index in [2.05, 4.69) is 62.5 Å². The average molecular weight is 711 g/mol. The Balaban J connectivity index is 0.987. The molecule has 2 saturated heterocycles. The van der Waals surface area contributed by atoms with Gasteiger partial charge in [-0.2, -0.15) is 0 Å². The second-order valence-corrected chi connectivity index (χ2v) is 16.0. The highest BCUT2D eigenvalue weighted by atomic mass is 16.2. The zero-order valence-corrected chi connectivity index (χ0v) is 31.6. The number of carbonyl (C=O) groups excluding carboxylic acids is 2. The molecule has 4 fully saturated rings. The SMILES string of the molecule is CC1=C(NC(=O)c2cc(C3CC3)c(CN3CCCCC3)cn2)C=CCC=C1c1cccc(NC(=O)c2cc(CC3CC3)c(CN3CCCC3)cn2)c1C. The van der Waals surface area contributed by atoms with E-state index in [1.54, 1.807) is 0 Å². The molecule has 0 radical (unpaired) electrons. The number of hydrogen-bond acceptors (Lipinski definition) is 6. The molecule has 2 N–H and O–H groups in total. The minimum Gasteiger partial charge on any atom is -0.320 e. The zero-order valence-electron chi connectivity index (χ0n) is 31.6. The Hall–Kier alpha value is -4.40. The molecule has 1 aromatic carbocycles. The summed E-state index contributed by atoms with van der Waals surface area (Å²) < 4.78 is 0. The predicted octanol–water partition coefficient (Wildman–Crippen LogP) is 8.50. The number of nitrogens with zero attached hydrogens (tertiary/aromatic N) is 4. The fourth-order valence-corrected chi connectivity index (χ4v) is 8.36. The minimum atomic E-state index is -0.188. The van der Waals surface area contributed by atoms with Crippen molar-refractivity contribution in [1.29, 1.82) is 0 Å². The Morgan fingerprint density at radius 3 is 2.15 bits per heavy atom. The van der Waals surface area contributed by atoms with Gasteiger partial charge in [-0.15, -0.1) is 0 Å². The molecule has 0 bridgehead atoms. The number of aromatic nitrogens is 2. The van der Waals surface area contributed by atoms with E-state index < -0.39 is 0 Å². The smallest absolute Gasteiger partial charge is 0.274 e. The second kappa shape index (κ2) is 15.9. The molecule has 8 heteroatoms. The highest BCUT2D eigenvalue weighted by Crippen LogP contribution is 2.42. The summed E-state index contributed by atoms with van der Waals surface area (Å²) >= 11 is 0. The number of pyridine rings is 2. The molecule has 2 aliphatic heterocycles. The lowest BCUT2D eigenvalue weighted by Crippen LogP contribution is -2.30. The predicted molar refractivity (Wildman–Crippen MR) is 212 cm³/mol. The van der Waals surface area contributed by atoms with Crippen LogP contribution in [0.15, 0.2) is 72.2 Å². The van der Waals surface area contributed by atoms with Crippen LogP contribution < -0.4 is 10.6 Å². The zero-order chi connectivity index (χ0) is 36.3. The molecule has 2 amide bonds. The van der Waals surface area contributed by atoms with Crippen LogP contribution in [0.5, 0.6) is 0 Å². The standard InChI is InChI=1S/C45H54N6O2/c1-30-37(11-4-5-13-40(30)48-45(53)43-25-39(33-17-18-33)36(27-47-43)29-51-19-6-3-7-20-51)38-12-10-14-41(31(38)2)49-44(52)42-24-34(23-32-15-16-32)35(26-46-42)28-50-21-8-9-22-50/h5,10-14,24-27,32-33H,3-4,6-9,15-23,28-29H2,1-2H3,(H,48,53)(H,49,52). The van der Waals surface area contributed by atoms with Crippen LogP contribution in [0.25, 0.3) is 5.57 Å². The Morgan fingerprint density at radius 2 is 1.43 bits per heavy atom. The van der Waals surface area contributed by atoms with Gasteiger partial charge in [-0.1, -0.05) is 30.7 Å². The van der Waals surface area contributed by atoms with E-state index in [1.807, 2.05) is 42.7 Å². The van der Waals surface area contributed by atoms with E-state index in [-0.39, 0.29) is 11.8 Å². The van der Waals surface area contributed by atoms with Crippen molar-refractivity contribution >= 4 is 23.1 Å². The lowest BCUT2D eigenvalue weighted by atomic mass is 9.92. The Labute approximate surface area is 314 Å². The highest BCUT2D eigenvalue weighted by molar-refractivity contribution is 6.04. The first-order chi connectivity index (χ1) is 25.9. The summed E-state index contributed by atoms with van der Waals surface area (Å²) in [6.45, 7) is 10.5. The van der Waals surface area contributed by atoms with Crippen molar-refractivity contribution in [3.63, 3.8) is 0 Å². The van der Waals surface area contributed by atoms with Gasteiger partial charge >= 0.3 is 0 Å². The van der Waals surface area contributed by atoms with E-state index in [0.717, 1.165) is 91.7 Å². The molecule has 2 saturated carbocycles. The summed E-state index contributed by atoms with van der Waals surface area (Å²) in [6, 6.07) is 10.1. The van der Waals surface area contributed by atoms with Gasteiger partial charge in [-0.05, 0) is 185 Å². The number of allylic oxidation sites excluding steroid dienone is 5. The summed E-state index contributed by atoms with van der Waals surface area (Å²) in [6.07, 6.45) is 23.2. The second-order valence-electron chi connectivity index (χ2n) is 16.0. The van der Waals surface area contributed by atoms with Crippen LogP contribution in [0.2, 0.25) is 0 Å². The van der Waals surface area contributed by atoms with Crippen molar-refractivity contribution in [2.45, 2.75) is 103 Å². The Kier molecular flexibility index (Phi) is 10.7. The Morgan fingerprint density at radius 1 is 0.774 bits per heavy atom. The van der Waals surface area contributed by atoms with Crippen molar-refractivity contribution in [3.8, 4) is 0 Å². The van der Waals surface area contributed by atoms with Crippen molar-refractivity contribution in [2.75, 3.05) is 31.5 Å². The molecule has 5 aliphatic rings. The number of hydrogen-bond donors (Lipinski definition) is 2.